The summed E-state index contributed by atoms with van der Waals surface area (Å²) < 4.78 is 78.2. The summed E-state index contributed by atoms with van der Waals surface area (Å²) in [6.07, 6.45) is -4.74. The van der Waals surface area contributed by atoms with Gasteiger partial charge in [-0.2, -0.15) is 23.1 Å². The highest BCUT2D eigenvalue weighted by Crippen LogP contribution is 2.46. The third kappa shape index (κ3) is 3.78. The molecule has 2 aromatic heterocycles. The molecule has 0 spiro atoms. The molecule has 0 amide bonds. The molecule has 0 bridgehead atoms. The molecule has 3 N–H and O–H groups in total. The van der Waals surface area contributed by atoms with Gasteiger partial charge in [-0.05, 0) is 31.0 Å². The van der Waals surface area contributed by atoms with Gasteiger partial charge in [-0.1, -0.05) is 11.3 Å². The first kappa shape index (κ1) is 23.4. The van der Waals surface area contributed by atoms with E-state index in [9.17, 15) is 22.7 Å². The summed E-state index contributed by atoms with van der Waals surface area (Å²) in [7, 11) is 2.85. The number of aromatic nitrogens is 3. The van der Waals surface area contributed by atoms with Gasteiger partial charge in [0, 0.05) is 29.6 Å². The van der Waals surface area contributed by atoms with Crippen LogP contribution in [0.5, 0.6) is 6.01 Å². The first-order chi connectivity index (χ1) is 16.5. The molecule has 2 heterocycles. The van der Waals surface area contributed by atoms with Crippen LogP contribution in [0, 0.1) is 11.6 Å². The number of ether oxygens (including phenoxy) is 1. The Balaban J connectivity index is 1.85. The van der Waals surface area contributed by atoms with Crippen molar-refractivity contribution >= 4 is 43.4 Å². The van der Waals surface area contributed by atoms with Crippen molar-refractivity contribution in [2.24, 2.45) is 0 Å². The van der Waals surface area contributed by atoms with Crippen LogP contribution in [0.1, 0.15) is 18.4 Å². The fraction of sp³-hybridized carbons (Fsp3) is 0.318. The van der Waals surface area contributed by atoms with Crippen molar-refractivity contribution in [3.05, 3.63) is 35.4 Å². The molecular weight excluding hydrogens is 493 g/mol. The molecule has 13 heteroatoms. The maximum absolute atomic E-state index is 16.0. The van der Waals surface area contributed by atoms with Crippen LogP contribution in [0.4, 0.5) is 32.9 Å². The molecule has 184 valence electrons. The summed E-state index contributed by atoms with van der Waals surface area (Å²) >= 11 is 0.750. The second kappa shape index (κ2) is 8.12. The maximum Gasteiger partial charge on any atom is 0.417 e. The van der Waals surface area contributed by atoms with E-state index < -0.39 is 40.6 Å². The molecule has 1 fully saturated rings. The molecule has 1 aliphatic carbocycles. The number of benzene rings is 2. The smallest absolute Gasteiger partial charge is 0.417 e. The highest BCUT2D eigenvalue weighted by atomic mass is 32.1. The molecular formula is C22H18F5N5O2S. The summed E-state index contributed by atoms with van der Waals surface area (Å²) in [5, 5.41) is 9.41. The van der Waals surface area contributed by atoms with Gasteiger partial charge in [-0.25, -0.2) is 13.8 Å². The van der Waals surface area contributed by atoms with Crippen molar-refractivity contribution in [2.75, 3.05) is 24.8 Å². The number of fused-ring (bicyclic) bond motifs is 2. The number of alkyl halides is 3. The molecule has 0 radical (unpaired) electrons. The van der Waals surface area contributed by atoms with E-state index in [1.54, 1.807) is 11.9 Å². The Morgan fingerprint density at radius 3 is 2.49 bits per heavy atom. The fourth-order valence-electron chi connectivity index (χ4n) is 4.28. The Morgan fingerprint density at radius 2 is 1.86 bits per heavy atom. The van der Waals surface area contributed by atoms with Crippen LogP contribution < -0.4 is 15.4 Å². The van der Waals surface area contributed by atoms with E-state index in [0.717, 1.165) is 29.5 Å². The van der Waals surface area contributed by atoms with Crippen LogP contribution >= 0.6 is 11.3 Å². The van der Waals surface area contributed by atoms with Crippen molar-refractivity contribution in [3.8, 4) is 17.1 Å². The molecule has 1 saturated carbocycles. The summed E-state index contributed by atoms with van der Waals surface area (Å²) in [5.41, 5.74) is 2.70. The van der Waals surface area contributed by atoms with E-state index in [1.807, 2.05) is 0 Å². The van der Waals surface area contributed by atoms with Gasteiger partial charge in [0.15, 0.2) is 10.9 Å². The molecule has 1 aliphatic rings. The van der Waals surface area contributed by atoms with E-state index in [1.165, 1.54) is 7.11 Å². The third-order valence-electron chi connectivity index (χ3n) is 6.13. The van der Waals surface area contributed by atoms with E-state index in [0.29, 0.717) is 12.8 Å². The Labute approximate surface area is 199 Å². The molecule has 4 aromatic rings. The number of thiazole rings is 1. The van der Waals surface area contributed by atoms with Crippen molar-refractivity contribution in [3.63, 3.8) is 0 Å². The zero-order valence-electron chi connectivity index (χ0n) is 18.3. The van der Waals surface area contributed by atoms with Crippen molar-refractivity contribution in [1.29, 1.82) is 0 Å². The lowest BCUT2D eigenvalue weighted by Crippen LogP contribution is -2.45. The molecule has 0 unspecified atom stereocenters. The molecule has 0 saturated heterocycles. The lowest BCUT2D eigenvalue weighted by molar-refractivity contribution is -0.137. The Kier molecular flexibility index (Phi) is 5.44. The second-order valence-corrected chi connectivity index (χ2v) is 9.29. The highest BCUT2D eigenvalue weighted by Gasteiger charge is 2.39. The summed E-state index contributed by atoms with van der Waals surface area (Å²) in [4.78, 5) is 13.7. The number of hydrogen-bond acceptors (Lipinski definition) is 8. The van der Waals surface area contributed by atoms with Crippen LogP contribution in [0.3, 0.4) is 0 Å². The number of aliphatic hydroxyl groups excluding tert-OH is 1. The number of hydrogen-bond donors (Lipinski definition) is 2. The van der Waals surface area contributed by atoms with Gasteiger partial charge in [0.05, 0.1) is 29.0 Å². The minimum atomic E-state index is -4.98. The number of rotatable bonds is 4. The molecule has 0 aliphatic heterocycles. The minimum Gasteiger partial charge on any atom is -0.467 e. The first-order valence-corrected chi connectivity index (χ1v) is 11.2. The van der Waals surface area contributed by atoms with Gasteiger partial charge in [0.2, 0.25) is 0 Å². The quantitative estimate of drug-likeness (QED) is 0.382. The third-order valence-corrected chi connectivity index (χ3v) is 7.02. The lowest BCUT2D eigenvalue weighted by Gasteiger charge is -2.39. The monoisotopic (exact) mass is 511 g/mol. The van der Waals surface area contributed by atoms with Crippen LogP contribution in [-0.4, -0.2) is 46.4 Å². The van der Waals surface area contributed by atoms with Crippen molar-refractivity contribution in [2.45, 2.75) is 31.2 Å². The van der Waals surface area contributed by atoms with Crippen LogP contribution in [-0.2, 0) is 6.18 Å². The van der Waals surface area contributed by atoms with E-state index in [4.69, 9.17) is 10.5 Å². The normalized spacial score (nSPS) is 18.2. The molecule has 5 rings (SSSR count). The Morgan fingerprint density at radius 1 is 1.14 bits per heavy atom. The average molecular weight is 511 g/mol. The number of nitrogen functional groups attached to an aromatic ring is 1. The predicted molar refractivity (Wildman–Crippen MR) is 121 cm³/mol. The van der Waals surface area contributed by atoms with Gasteiger partial charge in [-0.15, -0.1) is 0 Å². The molecule has 7 nitrogen and oxygen atoms in total. The minimum absolute atomic E-state index is 0.0295. The van der Waals surface area contributed by atoms with Crippen LogP contribution in [0.15, 0.2) is 18.2 Å². The van der Waals surface area contributed by atoms with E-state index in [-0.39, 0.29) is 44.2 Å². The zero-order valence-corrected chi connectivity index (χ0v) is 19.1. The van der Waals surface area contributed by atoms with E-state index >= 15 is 4.39 Å². The highest BCUT2D eigenvalue weighted by molar-refractivity contribution is 7.22. The van der Waals surface area contributed by atoms with Gasteiger partial charge in [0.1, 0.15) is 17.2 Å². The number of nitrogens with two attached hydrogens (primary N) is 1. The summed E-state index contributed by atoms with van der Waals surface area (Å²) in [5.74, 6) is -1.98. The van der Waals surface area contributed by atoms with E-state index in [2.05, 4.69) is 15.0 Å². The number of aliphatic hydroxyl groups is 1. The van der Waals surface area contributed by atoms with Gasteiger partial charge in [0.25, 0.3) is 0 Å². The SMILES string of the molecule is COc1nc(N(C)C2CC(O)C2)c2cc(C(F)(F)F)c(-c3ccc(F)c4sc(N)nc34)c(F)c2n1. The molecule has 0 atom stereocenters. The zero-order chi connectivity index (χ0) is 25.2. The standard InChI is InChI=1S/C22H18F5N5O2S/c1-32(8-5-9(33)6-8)19-11-7-12(22(25,26)27)14(15(24)16(11)30-21(31-19)34-2)10-3-4-13(23)18-17(10)29-20(28)35-18/h3-4,7-9,33H,5-6H2,1-2H3,(H2,28,29). The number of halogens is 5. The van der Waals surface area contributed by atoms with Crippen LogP contribution in [0.25, 0.3) is 32.2 Å². The van der Waals surface area contributed by atoms with Crippen molar-refractivity contribution < 1.29 is 31.8 Å². The topological polar surface area (TPSA) is 97.4 Å². The van der Waals surface area contributed by atoms with Gasteiger partial charge in [-0.3, -0.25) is 0 Å². The van der Waals surface area contributed by atoms with Crippen LogP contribution in [0.2, 0.25) is 0 Å². The lowest BCUT2D eigenvalue weighted by atomic mass is 9.88. The first-order valence-electron chi connectivity index (χ1n) is 10.4. The number of anilines is 2. The fourth-order valence-corrected chi connectivity index (χ4v) is 5.04. The molecule has 2 aromatic carbocycles. The molecule has 35 heavy (non-hydrogen) atoms. The largest absolute Gasteiger partial charge is 0.467 e. The average Bonchev–Trinajstić information content (AvgIpc) is 3.18. The summed E-state index contributed by atoms with van der Waals surface area (Å²) in [6.45, 7) is 0. The summed E-state index contributed by atoms with van der Waals surface area (Å²) in [6, 6.07) is 2.31. The number of nitrogens with zero attached hydrogens (tertiary/aromatic N) is 4. The van der Waals surface area contributed by atoms with Gasteiger partial charge < -0.3 is 20.5 Å². The van der Waals surface area contributed by atoms with Gasteiger partial charge >= 0.3 is 12.2 Å². The predicted octanol–water partition coefficient (Wildman–Crippen LogP) is 4.75. The maximum atomic E-state index is 16.0. The second-order valence-electron chi connectivity index (χ2n) is 8.26. The Bertz CT molecular complexity index is 1470. The number of methoxy groups -OCH3 is 1. The van der Waals surface area contributed by atoms with Crippen molar-refractivity contribution in [1.82, 2.24) is 15.0 Å². The Hall–Kier alpha value is -3.32.